The fourth-order valence-corrected chi connectivity index (χ4v) is 4.91. The number of nitro groups is 1. The lowest BCUT2D eigenvalue weighted by Gasteiger charge is -2.28. The lowest BCUT2D eigenvalue weighted by molar-refractivity contribution is -0.384. The van der Waals surface area contributed by atoms with E-state index in [0.29, 0.717) is 22.0 Å². The molecule has 5 rings (SSSR count). The molecule has 2 heterocycles. The van der Waals surface area contributed by atoms with Gasteiger partial charge in [-0.3, -0.25) is 10.1 Å². The number of esters is 1. The summed E-state index contributed by atoms with van der Waals surface area (Å²) in [6, 6.07) is 19.4. The predicted molar refractivity (Wildman–Crippen MR) is 130 cm³/mol. The van der Waals surface area contributed by atoms with E-state index >= 15 is 0 Å². The number of nitrogens with one attached hydrogen (secondary N) is 1. The van der Waals surface area contributed by atoms with Gasteiger partial charge < -0.3 is 20.2 Å². The van der Waals surface area contributed by atoms with Crippen LogP contribution in [0.5, 0.6) is 5.75 Å². The number of aromatic nitrogens is 2. The van der Waals surface area contributed by atoms with E-state index in [1.807, 2.05) is 36.4 Å². The second kappa shape index (κ2) is 9.15. The quantitative estimate of drug-likeness (QED) is 0.223. The molecule has 0 radical (unpaired) electrons. The van der Waals surface area contributed by atoms with Crippen molar-refractivity contribution < 1.29 is 19.2 Å². The molecule has 0 bridgehead atoms. The molecule has 10 heteroatoms. The fraction of sp³-hybridized carbons (Fsp3) is 0.120. The van der Waals surface area contributed by atoms with Gasteiger partial charge in [-0.25, -0.2) is 9.78 Å². The van der Waals surface area contributed by atoms with Crippen molar-refractivity contribution in [3.05, 3.63) is 99.4 Å². The minimum absolute atomic E-state index is 0.0925. The first kappa shape index (κ1) is 22.5. The fourth-order valence-electron chi connectivity index (χ4n) is 4.06. The molecule has 176 valence electrons. The Morgan fingerprint density at radius 3 is 2.80 bits per heavy atom. The van der Waals surface area contributed by atoms with Crippen molar-refractivity contribution in [2.75, 3.05) is 6.61 Å². The van der Waals surface area contributed by atoms with Crippen molar-refractivity contribution in [1.82, 2.24) is 9.97 Å². The first-order valence-electron chi connectivity index (χ1n) is 10.8. The molecule has 1 atom stereocenters. The summed E-state index contributed by atoms with van der Waals surface area (Å²) < 4.78 is 11.0. The molecule has 0 aliphatic carbocycles. The Bertz CT molecular complexity index is 1460. The zero-order chi connectivity index (χ0) is 24.5. The summed E-state index contributed by atoms with van der Waals surface area (Å²) in [4.78, 5) is 32.6. The standard InChI is InChI=1S/C25H20N4O5S/c1-2-33-24(30)22-21(14-6-5-7-15(12-14)29(31)32)17-13-16(10-11-20(17)34-23(22)26)35-25-27-18-8-3-4-9-19(18)28-25/h3-13,21H,2,26H2,1H3,(H,27,28). The van der Waals surface area contributed by atoms with E-state index in [0.717, 1.165) is 15.9 Å². The lowest BCUT2D eigenvalue weighted by atomic mass is 9.83. The van der Waals surface area contributed by atoms with Crippen LogP contribution in [0.25, 0.3) is 11.0 Å². The SMILES string of the molecule is CCOC(=O)C1=C(N)Oc2ccc(Sc3nc4ccccc4[nH]3)cc2C1c1cccc([N+](=O)[O-])c1. The highest BCUT2D eigenvalue weighted by molar-refractivity contribution is 7.99. The molecule has 0 fully saturated rings. The minimum atomic E-state index is -0.714. The number of carbonyl (C=O) groups excluding carboxylic acids is 1. The van der Waals surface area contributed by atoms with Gasteiger partial charge in [0.05, 0.1) is 28.5 Å². The largest absolute Gasteiger partial charge is 0.462 e. The predicted octanol–water partition coefficient (Wildman–Crippen LogP) is 4.88. The molecule has 0 saturated carbocycles. The van der Waals surface area contributed by atoms with Crippen molar-refractivity contribution in [3.63, 3.8) is 0 Å². The van der Waals surface area contributed by atoms with Gasteiger partial charge >= 0.3 is 5.97 Å². The highest BCUT2D eigenvalue weighted by Gasteiger charge is 2.36. The summed E-state index contributed by atoms with van der Waals surface area (Å²) in [7, 11) is 0. The summed E-state index contributed by atoms with van der Waals surface area (Å²) in [5.41, 5.74) is 9.11. The number of ether oxygens (including phenoxy) is 2. The number of H-pyrrole nitrogens is 1. The van der Waals surface area contributed by atoms with E-state index < -0.39 is 16.8 Å². The smallest absolute Gasteiger partial charge is 0.340 e. The maximum absolute atomic E-state index is 12.9. The molecule has 4 aromatic rings. The Kier molecular flexibility index (Phi) is 5.87. The van der Waals surface area contributed by atoms with Crippen LogP contribution in [0.4, 0.5) is 5.69 Å². The van der Waals surface area contributed by atoms with Gasteiger partial charge in [-0.1, -0.05) is 36.0 Å². The average Bonchev–Trinajstić information content (AvgIpc) is 3.26. The molecule has 1 aliphatic rings. The maximum Gasteiger partial charge on any atom is 0.340 e. The maximum atomic E-state index is 12.9. The lowest BCUT2D eigenvalue weighted by Crippen LogP contribution is -2.27. The number of imidazole rings is 1. The van der Waals surface area contributed by atoms with Crippen molar-refractivity contribution >= 4 is 34.5 Å². The molecule has 35 heavy (non-hydrogen) atoms. The van der Waals surface area contributed by atoms with Crippen molar-refractivity contribution in [1.29, 1.82) is 0 Å². The Hall–Kier alpha value is -4.31. The molecule has 1 aromatic heterocycles. The summed E-state index contributed by atoms with van der Waals surface area (Å²) in [6.45, 7) is 1.84. The van der Waals surface area contributed by atoms with Gasteiger partial charge in [-0.05, 0) is 42.8 Å². The van der Waals surface area contributed by atoms with Gasteiger partial charge in [-0.2, -0.15) is 0 Å². The first-order chi connectivity index (χ1) is 16.9. The first-order valence-corrected chi connectivity index (χ1v) is 11.6. The van der Waals surface area contributed by atoms with Crippen LogP contribution in [0.2, 0.25) is 0 Å². The molecule has 1 aliphatic heterocycles. The Morgan fingerprint density at radius 2 is 2.03 bits per heavy atom. The van der Waals surface area contributed by atoms with E-state index in [1.165, 1.54) is 23.9 Å². The third-order valence-electron chi connectivity index (χ3n) is 5.56. The normalized spacial score (nSPS) is 14.9. The number of nitro benzene ring substituents is 1. The average molecular weight is 489 g/mol. The Morgan fingerprint density at radius 1 is 1.20 bits per heavy atom. The van der Waals surface area contributed by atoms with Crippen LogP contribution in [-0.4, -0.2) is 27.5 Å². The minimum Gasteiger partial charge on any atom is -0.462 e. The number of fused-ring (bicyclic) bond motifs is 2. The zero-order valence-corrected chi connectivity index (χ0v) is 19.4. The van der Waals surface area contributed by atoms with Crippen molar-refractivity contribution in [3.8, 4) is 5.75 Å². The topological polar surface area (TPSA) is 133 Å². The number of para-hydroxylation sites is 2. The van der Waals surface area contributed by atoms with Gasteiger partial charge in [-0.15, -0.1) is 0 Å². The number of hydrogen-bond donors (Lipinski definition) is 2. The molecule has 1 unspecified atom stereocenters. The van der Waals surface area contributed by atoms with E-state index in [1.54, 1.807) is 25.1 Å². The molecule has 3 aromatic carbocycles. The van der Waals surface area contributed by atoms with E-state index in [9.17, 15) is 14.9 Å². The Labute approximate surface area is 204 Å². The highest BCUT2D eigenvalue weighted by Crippen LogP contribution is 2.45. The van der Waals surface area contributed by atoms with E-state index in [-0.39, 0.29) is 23.8 Å². The monoisotopic (exact) mass is 488 g/mol. The number of non-ortho nitro benzene ring substituents is 1. The molecular formula is C25H20N4O5S. The number of aromatic amines is 1. The summed E-state index contributed by atoms with van der Waals surface area (Å²) in [5, 5.41) is 12.1. The van der Waals surface area contributed by atoms with Crippen LogP contribution in [0.15, 0.2) is 88.2 Å². The van der Waals surface area contributed by atoms with Crippen LogP contribution in [0, 0.1) is 10.1 Å². The van der Waals surface area contributed by atoms with Crippen LogP contribution < -0.4 is 10.5 Å². The molecule has 0 saturated heterocycles. The van der Waals surface area contributed by atoms with E-state index in [2.05, 4.69) is 9.97 Å². The van der Waals surface area contributed by atoms with Crippen molar-refractivity contribution in [2.45, 2.75) is 22.9 Å². The summed E-state index contributed by atoms with van der Waals surface area (Å²) in [5.74, 6) is -0.984. The van der Waals surface area contributed by atoms with Crippen LogP contribution in [0.3, 0.4) is 0 Å². The van der Waals surface area contributed by atoms with Crippen LogP contribution in [-0.2, 0) is 9.53 Å². The summed E-state index contributed by atoms with van der Waals surface area (Å²) in [6.07, 6.45) is 0. The number of nitrogens with zero attached hydrogens (tertiary/aromatic N) is 2. The van der Waals surface area contributed by atoms with Gasteiger partial charge in [0.25, 0.3) is 5.69 Å². The summed E-state index contributed by atoms with van der Waals surface area (Å²) >= 11 is 1.42. The van der Waals surface area contributed by atoms with Gasteiger partial charge in [0.1, 0.15) is 11.3 Å². The van der Waals surface area contributed by atoms with Gasteiger partial charge in [0, 0.05) is 22.6 Å². The number of carbonyl (C=O) groups is 1. The van der Waals surface area contributed by atoms with Gasteiger partial charge in [0.2, 0.25) is 5.88 Å². The third-order valence-corrected chi connectivity index (χ3v) is 6.43. The highest BCUT2D eigenvalue weighted by atomic mass is 32.2. The molecule has 9 nitrogen and oxygen atoms in total. The third kappa shape index (κ3) is 4.31. The second-order valence-corrected chi connectivity index (χ2v) is 8.81. The van der Waals surface area contributed by atoms with Crippen LogP contribution >= 0.6 is 11.8 Å². The van der Waals surface area contributed by atoms with Crippen molar-refractivity contribution in [2.24, 2.45) is 5.73 Å². The zero-order valence-electron chi connectivity index (χ0n) is 18.6. The van der Waals surface area contributed by atoms with Crippen LogP contribution in [0.1, 0.15) is 24.0 Å². The number of hydrogen-bond acceptors (Lipinski definition) is 8. The number of rotatable bonds is 6. The molecule has 3 N–H and O–H groups in total. The van der Waals surface area contributed by atoms with E-state index in [4.69, 9.17) is 15.2 Å². The second-order valence-electron chi connectivity index (χ2n) is 7.75. The van der Waals surface area contributed by atoms with Gasteiger partial charge in [0.15, 0.2) is 5.16 Å². The number of benzene rings is 3. The molecular weight excluding hydrogens is 468 g/mol. The number of nitrogens with two attached hydrogens (primary N) is 1. The molecule has 0 amide bonds. The Balaban J connectivity index is 1.60. The molecule has 0 spiro atoms.